The van der Waals surface area contributed by atoms with Crippen LogP contribution in [0.5, 0.6) is 0 Å². The summed E-state index contributed by atoms with van der Waals surface area (Å²) in [5.41, 5.74) is 3.75. The molecule has 19 heavy (non-hydrogen) atoms. The fraction of sp³-hybridized carbons (Fsp3) is 0.333. The first-order valence-electron chi connectivity index (χ1n) is 6.35. The van der Waals surface area contributed by atoms with Crippen molar-refractivity contribution in [1.29, 1.82) is 0 Å². The lowest BCUT2D eigenvalue weighted by Crippen LogP contribution is -2.08. The lowest BCUT2D eigenvalue weighted by Gasteiger charge is -2.14. The van der Waals surface area contributed by atoms with E-state index in [1.165, 1.54) is 3.57 Å². The van der Waals surface area contributed by atoms with Crippen LogP contribution in [0, 0.1) is 10.5 Å². The van der Waals surface area contributed by atoms with E-state index in [4.69, 9.17) is 0 Å². The van der Waals surface area contributed by atoms with Gasteiger partial charge in [0.15, 0.2) is 0 Å². The van der Waals surface area contributed by atoms with Crippen molar-refractivity contribution in [2.45, 2.75) is 32.8 Å². The molecule has 0 fully saturated rings. The van der Waals surface area contributed by atoms with Crippen molar-refractivity contribution in [3.05, 3.63) is 56.4 Å². The van der Waals surface area contributed by atoms with E-state index < -0.39 is 6.10 Å². The number of benzene rings is 1. The Labute approximate surface area is 127 Å². The molecule has 1 N–H and O–H groups in total. The highest BCUT2D eigenvalue weighted by molar-refractivity contribution is 14.1. The Morgan fingerprint density at radius 1 is 1.21 bits per heavy atom. The topological polar surface area (TPSA) is 46.0 Å². The van der Waals surface area contributed by atoms with Crippen LogP contribution < -0.4 is 0 Å². The van der Waals surface area contributed by atoms with Crippen LogP contribution in [-0.4, -0.2) is 15.3 Å². The average Bonchev–Trinajstić information content (AvgIpc) is 2.41. The van der Waals surface area contributed by atoms with Gasteiger partial charge in [-0.25, -0.2) is 0 Å². The molecule has 0 aliphatic carbocycles. The standard InChI is InChI=1S/C15H17IN2O/c1-3-14-13(8-10(2)17-18-14)15(19)9-11-4-6-12(16)7-5-11/h4-8,15,19H,3,9H2,1-2H3. The van der Waals surface area contributed by atoms with Gasteiger partial charge in [-0.1, -0.05) is 19.1 Å². The summed E-state index contributed by atoms with van der Waals surface area (Å²) in [7, 11) is 0. The van der Waals surface area contributed by atoms with E-state index in [2.05, 4.69) is 57.1 Å². The minimum atomic E-state index is -0.524. The van der Waals surface area contributed by atoms with Crippen molar-refractivity contribution in [3.8, 4) is 0 Å². The SMILES string of the molecule is CCc1nnc(C)cc1C(O)Cc1ccc(I)cc1. The molecule has 1 heterocycles. The first-order chi connectivity index (χ1) is 9.10. The predicted molar refractivity (Wildman–Crippen MR) is 84.0 cm³/mol. The zero-order chi connectivity index (χ0) is 13.8. The Kier molecular flexibility index (Phi) is 4.87. The third kappa shape index (κ3) is 3.73. The number of nitrogens with zero attached hydrogens (tertiary/aromatic N) is 2. The summed E-state index contributed by atoms with van der Waals surface area (Å²) in [6.07, 6.45) is 0.866. The van der Waals surface area contributed by atoms with E-state index in [9.17, 15) is 5.11 Å². The normalized spacial score (nSPS) is 12.4. The van der Waals surface area contributed by atoms with Gasteiger partial charge in [0.2, 0.25) is 0 Å². The number of halogens is 1. The van der Waals surface area contributed by atoms with E-state index in [0.29, 0.717) is 6.42 Å². The molecule has 3 nitrogen and oxygen atoms in total. The average molecular weight is 368 g/mol. The summed E-state index contributed by atoms with van der Waals surface area (Å²) in [4.78, 5) is 0. The zero-order valence-corrected chi connectivity index (χ0v) is 13.3. The maximum absolute atomic E-state index is 10.4. The largest absolute Gasteiger partial charge is 0.388 e. The smallest absolute Gasteiger partial charge is 0.0849 e. The second kappa shape index (κ2) is 6.43. The molecule has 1 unspecified atom stereocenters. The fourth-order valence-electron chi connectivity index (χ4n) is 2.05. The molecule has 0 radical (unpaired) electrons. The minimum Gasteiger partial charge on any atom is -0.388 e. The van der Waals surface area contributed by atoms with Crippen LogP contribution in [-0.2, 0) is 12.8 Å². The Bertz CT molecular complexity index is 555. The fourth-order valence-corrected chi connectivity index (χ4v) is 2.41. The molecule has 0 amide bonds. The molecule has 0 aliphatic rings. The van der Waals surface area contributed by atoms with Crippen LogP contribution in [0.4, 0.5) is 0 Å². The highest BCUT2D eigenvalue weighted by atomic mass is 127. The van der Waals surface area contributed by atoms with E-state index in [0.717, 1.165) is 28.9 Å². The van der Waals surface area contributed by atoms with Gasteiger partial charge in [-0.15, -0.1) is 0 Å². The van der Waals surface area contributed by atoms with Crippen LogP contribution >= 0.6 is 22.6 Å². The first-order valence-corrected chi connectivity index (χ1v) is 7.43. The second-order valence-electron chi connectivity index (χ2n) is 4.59. The molecule has 2 rings (SSSR count). The zero-order valence-electron chi connectivity index (χ0n) is 11.1. The van der Waals surface area contributed by atoms with E-state index in [1.807, 2.05) is 19.9 Å². The van der Waals surface area contributed by atoms with E-state index in [1.54, 1.807) is 0 Å². The van der Waals surface area contributed by atoms with E-state index in [-0.39, 0.29) is 0 Å². The lowest BCUT2D eigenvalue weighted by molar-refractivity contribution is 0.176. The molecule has 1 aromatic heterocycles. The van der Waals surface area contributed by atoms with Crippen LogP contribution in [0.3, 0.4) is 0 Å². The van der Waals surface area contributed by atoms with Gasteiger partial charge in [0, 0.05) is 15.6 Å². The molecule has 4 heteroatoms. The Morgan fingerprint density at radius 3 is 2.53 bits per heavy atom. The van der Waals surface area contributed by atoms with Gasteiger partial charge in [-0.05, 0) is 59.7 Å². The van der Waals surface area contributed by atoms with Gasteiger partial charge in [0.25, 0.3) is 0 Å². The molecule has 0 saturated carbocycles. The molecule has 0 aliphatic heterocycles. The number of hydrogen-bond donors (Lipinski definition) is 1. The maximum Gasteiger partial charge on any atom is 0.0849 e. The van der Waals surface area contributed by atoms with Crippen LogP contribution in [0.1, 0.15) is 35.5 Å². The van der Waals surface area contributed by atoms with Crippen LogP contribution in [0.25, 0.3) is 0 Å². The van der Waals surface area contributed by atoms with Crippen molar-refractivity contribution in [2.24, 2.45) is 0 Å². The van der Waals surface area contributed by atoms with Crippen LogP contribution in [0.15, 0.2) is 30.3 Å². The Balaban J connectivity index is 2.21. The highest BCUT2D eigenvalue weighted by Gasteiger charge is 2.14. The van der Waals surface area contributed by atoms with Crippen molar-refractivity contribution in [1.82, 2.24) is 10.2 Å². The van der Waals surface area contributed by atoms with Crippen molar-refractivity contribution < 1.29 is 5.11 Å². The van der Waals surface area contributed by atoms with E-state index >= 15 is 0 Å². The molecule has 1 aromatic carbocycles. The summed E-state index contributed by atoms with van der Waals surface area (Å²) < 4.78 is 1.20. The van der Waals surface area contributed by atoms with Gasteiger partial charge < -0.3 is 5.11 Å². The second-order valence-corrected chi connectivity index (χ2v) is 5.83. The molecule has 0 bridgehead atoms. The molecule has 2 aromatic rings. The number of aliphatic hydroxyl groups is 1. The number of hydrogen-bond acceptors (Lipinski definition) is 3. The summed E-state index contributed by atoms with van der Waals surface area (Å²) >= 11 is 2.28. The van der Waals surface area contributed by atoms with Gasteiger partial charge >= 0.3 is 0 Å². The number of rotatable bonds is 4. The predicted octanol–water partition coefficient (Wildman–Crippen LogP) is 3.23. The monoisotopic (exact) mass is 368 g/mol. The molecule has 0 spiro atoms. The molecule has 100 valence electrons. The summed E-state index contributed by atoms with van der Waals surface area (Å²) in [6.45, 7) is 3.92. The molecular weight excluding hydrogens is 351 g/mol. The summed E-state index contributed by atoms with van der Waals surface area (Å²) in [5.74, 6) is 0. The van der Waals surface area contributed by atoms with Crippen molar-refractivity contribution >= 4 is 22.6 Å². The number of aromatic nitrogens is 2. The molecule has 1 atom stereocenters. The van der Waals surface area contributed by atoms with Crippen LogP contribution in [0.2, 0.25) is 0 Å². The van der Waals surface area contributed by atoms with Crippen molar-refractivity contribution in [2.75, 3.05) is 0 Å². The first kappa shape index (κ1) is 14.4. The molecular formula is C15H17IN2O. The Hall–Kier alpha value is -1.01. The third-order valence-electron chi connectivity index (χ3n) is 3.06. The van der Waals surface area contributed by atoms with Gasteiger partial charge in [0.05, 0.1) is 17.5 Å². The van der Waals surface area contributed by atoms with Gasteiger partial charge in [-0.2, -0.15) is 10.2 Å². The maximum atomic E-state index is 10.4. The van der Waals surface area contributed by atoms with Crippen molar-refractivity contribution in [3.63, 3.8) is 0 Å². The summed E-state index contributed by atoms with van der Waals surface area (Å²) in [6, 6.07) is 10.2. The lowest BCUT2D eigenvalue weighted by atomic mass is 9.99. The molecule has 0 saturated heterocycles. The minimum absolute atomic E-state index is 0.524. The van der Waals surface area contributed by atoms with Gasteiger partial charge in [-0.3, -0.25) is 0 Å². The third-order valence-corrected chi connectivity index (χ3v) is 3.78. The number of aryl methyl sites for hydroxylation is 2. The quantitative estimate of drug-likeness (QED) is 0.843. The summed E-state index contributed by atoms with van der Waals surface area (Å²) in [5, 5.41) is 18.6. The number of aliphatic hydroxyl groups excluding tert-OH is 1. The highest BCUT2D eigenvalue weighted by Crippen LogP contribution is 2.22. The Morgan fingerprint density at radius 2 is 1.89 bits per heavy atom. The van der Waals surface area contributed by atoms with Gasteiger partial charge in [0.1, 0.15) is 0 Å².